The third-order valence-electron chi connectivity index (χ3n) is 4.13. The number of carbonyl (C=O) groups excluding carboxylic acids is 2. The lowest BCUT2D eigenvalue weighted by Gasteiger charge is -2.36. The molecular formula is C15H28N2O3. The lowest BCUT2D eigenvalue weighted by Crippen LogP contribution is -2.54. The average Bonchev–Trinajstić information content (AvgIpc) is 2.45. The van der Waals surface area contributed by atoms with Gasteiger partial charge < -0.3 is 15.4 Å². The van der Waals surface area contributed by atoms with Gasteiger partial charge in [0.2, 0.25) is 5.91 Å². The molecule has 1 fully saturated rings. The molecule has 1 amide bonds. The number of hydrogen-bond donors (Lipinski definition) is 2. The number of carbonyl (C=O) groups is 2. The Morgan fingerprint density at radius 1 is 1.40 bits per heavy atom. The van der Waals surface area contributed by atoms with E-state index in [0.717, 1.165) is 25.8 Å². The second-order valence-electron chi connectivity index (χ2n) is 6.09. The highest BCUT2D eigenvalue weighted by molar-refractivity contribution is 5.88. The van der Waals surface area contributed by atoms with Crippen molar-refractivity contribution in [1.82, 2.24) is 10.6 Å². The first kappa shape index (κ1) is 17.0. The van der Waals surface area contributed by atoms with Crippen LogP contribution in [-0.2, 0) is 14.3 Å². The fourth-order valence-corrected chi connectivity index (χ4v) is 2.76. The molecule has 2 atom stereocenters. The molecule has 0 radical (unpaired) electrons. The molecule has 0 saturated carbocycles. The van der Waals surface area contributed by atoms with Crippen molar-refractivity contribution in [3.8, 4) is 0 Å². The highest BCUT2D eigenvalue weighted by Gasteiger charge is 2.39. The van der Waals surface area contributed by atoms with Gasteiger partial charge in [-0.2, -0.15) is 0 Å². The maximum Gasteiger partial charge on any atom is 0.328 e. The predicted molar refractivity (Wildman–Crippen MR) is 78.2 cm³/mol. The van der Waals surface area contributed by atoms with Crippen molar-refractivity contribution in [1.29, 1.82) is 0 Å². The minimum absolute atomic E-state index is 0.0248. The van der Waals surface area contributed by atoms with Gasteiger partial charge in [-0.15, -0.1) is 0 Å². The van der Waals surface area contributed by atoms with Gasteiger partial charge >= 0.3 is 5.97 Å². The quantitative estimate of drug-likeness (QED) is 0.725. The van der Waals surface area contributed by atoms with E-state index in [1.165, 1.54) is 7.11 Å². The van der Waals surface area contributed by atoms with Crippen LogP contribution in [0, 0.1) is 11.3 Å². The number of nitrogens with one attached hydrogen (secondary N) is 2. The van der Waals surface area contributed by atoms with Gasteiger partial charge in [0.15, 0.2) is 0 Å². The number of piperidine rings is 1. The van der Waals surface area contributed by atoms with Crippen LogP contribution in [0.2, 0.25) is 0 Å². The molecule has 0 bridgehead atoms. The van der Waals surface area contributed by atoms with E-state index in [2.05, 4.69) is 10.6 Å². The van der Waals surface area contributed by atoms with Crippen molar-refractivity contribution in [2.75, 3.05) is 20.2 Å². The van der Waals surface area contributed by atoms with Gasteiger partial charge in [-0.1, -0.05) is 20.8 Å². The fraction of sp³-hybridized carbons (Fsp3) is 0.867. The fourth-order valence-electron chi connectivity index (χ4n) is 2.76. The van der Waals surface area contributed by atoms with Crippen LogP contribution in [0.5, 0.6) is 0 Å². The van der Waals surface area contributed by atoms with Crippen LogP contribution < -0.4 is 10.6 Å². The molecule has 0 spiro atoms. The summed E-state index contributed by atoms with van der Waals surface area (Å²) in [7, 11) is 1.36. The molecular weight excluding hydrogens is 256 g/mol. The second kappa shape index (κ2) is 7.62. The predicted octanol–water partition coefficient (Wildman–Crippen LogP) is 1.47. The van der Waals surface area contributed by atoms with Gasteiger partial charge in [-0.3, -0.25) is 4.79 Å². The normalized spacial score (nSPS) is 24.2. The number of rotatable bonds is 6. The standard InChI is InChI=1S/C15H28N2O3/c1-5-15(7-6-8-16-10-15)14(19)17-12(9-11(2)3)13(18)20-4/h11-12,16H,5-10H2,1-4H3,(H,17,19). The minimum Gasteiger partial charge on any atom is -0.467 e. The summed E-state index contributed by atoms with van der Waals surface area (Å²) in [6, 6.07) is -0.544. The van der Waals surface area contributed by atoms with E-state index in [1.54, 1.807) is 0 Å². The lowest BCUT2D eigenvalue weighted by atomic mass is 9.77. The molecule has 5 nitrogen and oxygen atoms in total. The molecule has 1 aliphatic rings. The average molecular weight is 284 g/mol. The van der Waals surface area contributed by atoms with Gasteiger partial charge in [-0.25, -0.2) is 4.79 Å². The lowest BCUT2D eigenvalue weighted by molar-refractivity contribution is -0.147. The van der Waals surface area contributed by atoms with Gasteiger partial charge in [0.1, 0.15) is 6.04 Å². The zero-order valence-electron chi connectivity index (χ0n) is 13.1. The Hall–Kier alpha value is -1.10. The second-order valence-corrected chi connectivity index (χ2v) is 6.09. The molecule has 2 N–H and O–H groups in total. The SMILES string of the molecule is CCC1(C(=O)NC(CC(C)C)C(=O)OC)CCCNC1. The Morgan fingerprint density at radius 3 is 2.55 bits per heavy atom. The van der Waals surface area contributed by atoms with Crippen molar-refractivity contribution in [3.63, 3.8) is 0 Å². The molecule has 2 unspecified atom stereocenters. The first-order chi connectivity index (χ1) is 9.45. The molecule has 0 aromatic heterocycles. The smallest absolute Gasteiger partial charge is 0.328 e. The van der Waals surface area contributed by atoms with Gasteiger partial charge in [-0.05, 0) is 38.1 Å². The van der Waals surface area contributed by atoms with Crippen molar-refractivity contribution in [3.05, 3.63) is 0 Å². The monoisotopic (exact) mass is 284 g/mol. The van der Waals surface area contributed by atoms with Crippen LogP contribution >= 0.6 is 0 Å². The molecule has 0 aliphatic carbocycles. The van der Waals surface area contributed by atoms with Gasteiger partial charge in [0.05, 0.1) is 12.5 Å². The molecule has 116 valence electrons. The summed E-state index contributed by atoms with van der Waals surface area (Å²) in [6.07, 6.45) is 3.25. The van der Waals surface area contributed by atoms with E-state index < -0.39 is 6.04 Å². The third kappa shape index (κ3) is 4.20. The Morgan fingerprint density at radius 2 is 2.10 bits per heavy atom. The molecule has 0 aromatic rings. The molecule has 1 rings (SSSR count). The van der Waals surface area contributed by atoms with Crippen molar-refractivity contribution in [2.45, 2.75) is 52.5 Å². The van der Waals surface area contributed by atoms with Crippen molar-refractivity contribution >= 4 is 11.9 Å². The zero-order valence-corrected chi connectivity index (χ0v) is 13.1. The minimum atomic E-state index is -0.544. The van der Waals surface area contributed by atoms with E-state index in [0.29, 0.717) is 18.9 Å². The van der Waals surface area contributed by atoms with Crippen LogP contribution in [0.25, 0.3) is 0 Å². The van der Waals surface area contributed by atoms with Crippen LogP contribution in [0.4, 0.5) is 0 Å². The van der Waals surface area contributed by atoms with E-state index in [9.17, 15) is 9.59 Å². The maximum atomic E-state index is 12.6. The Kier molecular flexibility index (Phi) is 6.46. The number of esters is 1. The largest absolute Gasteiger partial charge is 0.467 e. The van der Waals surface area contributed by atoms with E-state index >= 15 is 0 Å². The molecule has 0 aromatic carbocycles. The Labute approximate surface area is 121 Å². The highest BCUT2D eigenvalue weighted by atomic mass is 16.5. The molecule has 1 aliphatic heterocycles. The van der Waals surface area contributed by atoms with Crippen molar-refractivity contribution in [2.24, 2.45) is 11.3 Å². The molecule has 1 saturated heterocycles. The van der Waals surface area contributed by atoms with Gasteiger partial charge in [0, 0.05) is 6.54 Å². The Balaban J connectivity index is 2.75. The highest BCUT2D eigenvalue weighted by Crippen LogP contribution is 2.30. The zero-order chi connectivity index (χ0) is 15.2. The summed E-state index contributed by atoms with van der Waals surface area (Å²) in [6.45, 7) is 7.73. The molecule has 1 heterocycles. The Bertz CT molecular complexity index is 336. The summed E-state index contributed by atoms with van der Waals surface area (Å²) in [5.41, 5.74) is -0.387. The van der Waals surface area contributed by atoms with Gasteiger partial charge in [0.25, 0.3) is 0 Å². The van der Waals surface area contributed by atoms with E-state index in [1.807, 2.05) is 20.8 Å². The van der Waals surface area contributed by atoms with E-state index in [-0.39, 0.29) is 17.3 Å². The molecule has 20 heavy (non-hydrogen) atoms. The van der Waals surface area contributed by atoms with Crippen LogP contribution in [0.15, 0.2) is 0 Å². The van der Waals surface area contributed by atoms with Crippen LogP contribution in [0.1, 0.15) is 46.5 Å². The summed E-state index contributed by atoms with van der Waals surface area (Å²) >= 11 is 0. The topological polar surface area (TPSA) is 67.4 Å². The maximum absolute atomic E-state index is 12.6. The number of ether oxygens (including phenoxy) is 1. The number of methoxy groups -OCH3 is 1. The van der Waals surface area contributed by atoms with Crippen LogP contribution in [0.3, 0.4) is 0 Å². The van der Waals surface area contributed by atoms with Crippen molar-refractivity contribution < 1.29 is 14.3 Å². The molecule has 5 heteroatoms. The number of hydrogen-bond acceptors (Lipinski definition) is 4. The summed E-state index contributed by atoms with van der Waals surface area (Å²) < 4.78 is 4.80. The summed E-state index contributed by atoms with van der Waals surface area (Å²) in [5.74, 6) is -0.0632. The number of amides is 1. The van der Waals surface area contributed by atoms with Crippen LogP contribution in [-0.4, -0.2) is 38.1 Å². The summed E-state index contributed by atoms with van der Waals surface area (Å²) in [5, 5.41) is 6.19. The first-order valence-corrected chi connectivity index (χ1v) is 7.54. The third-order valence-corrected chi connectivity index (χ3v) is 4.13. The first-order valence-electron chi connectivity index (χ1n) is 7.54. The summed E-state index contributed by atoms with van der Waals surface area (Å²) in [4.78, 5) is 24.4. The van der Waals surface area contributed by atoms with E-state index in [4.69, 9.17) is 4.74 Å².